The molecule has 0 heterocycles. The molecule has 0 bridgehead atoms. The van der Waals surface area contributed by atoms with Crippen LogP contribution in [0, 0.1) is 0 Å². The fourth-order valence-electron chi connectivity index (χ4n) is 0.861. The van der Waals surface area contributed by atoms with E-state index in [2.05, 4.69) is 0 Å². The van der Waals surface area contributed by atoms with E-state index >= 15 is 0 Å². The van der Waals surface area contributed by atoms with E-state index in [0.29, 0.717) is 6.61 Å². The van der Waals surface area contributed by atoms with E-state index in [0.717, 1.165) is 5.56 Å². The highest BCUT2D eigenvalue weighted by molar-refractivity contribution is 5.13. The van der Waals surface area contributed by atoms with Gasteiger partial charge in [-0.1, -0.05) is 30.3 Å². The van der Waals surface area contributed by atoms with Crippen LogP contribution in [0.1, 0.15) is 14.7 Å². The van der Waals surface area contributed by atoms with Gasteiger partial charge in [-0.2, -0.15) is 0 Å². The SMILES string of the molecule is [2H]C([2H])(CO)COCc1ccccc1. The summed E-state index contributed by atoms with van der Waals surface area (Å²) >= 11 is 0. The van der Waals surface area contributed by atoms with Crippen molar-refractivity contribution in [1.29, 1.82) is 0 Å². The van der Waals surface area contributed by atoms with Gasteiger partial charge >= 0.3 is 0 Å². The van der Waals surface area contributed by atoms with Crippen molar-refractivity contribution in [3.05, 3.63) is 35.9 Å². The van der Waals surface area contributed by atoms with Crippen LogP contribution < -0.4 is 0 Å². The first kappa shape index (κ1) is 6.63. The first-order valence-corrected chi connectivity index (χ1v) is 3.86. The average Bonchev–Trinajstić information content (AvgIpc) is 2.19. The minimum absolute atomic E-state index is 0.0849. The standard InChI is InChI=1S/C10H14O2/c11-7-4-8-12-9-10-5-2-1-3-6-10/h1-3,5-6,11H,4,7-9H2/i4D2. The second-order valence-electron chi connectivity index (χ2n) is 2.39. The number of ether oxygens (including phenoxy) is 1. The highest BCUT2D eigenvalue weighted by Crippen LogP contribution is 2.00. The summed E-state index contributed by atoms with van der Waals surface area (Å²) < 4.78 is 19.6. The number of aliphatic hydroxyl groups excluding tert-OH is 1. The summed E-state index contributed by atoms with van der Waals surface area (Å²) in [5, 5.41) is 8.64. The average molecular weight is 168 g/mol. The Bertz CT molecular complexity index is 262. The van der Waals surface area contributed by atoms with Crippen molar-refractivity contribution < 1.29 is 12.6 Å². The number of rotatable bonds is 5. The summed E-state index contributed by atoms with van der Waals surface area (Å²) in [6, 6.07) is 9.54. The lowest BCUT2D eigenvalue weighted by molar-refractivity contribution is 0.104. The minimum atomic E-state index is -1.64. The zero-order chi connectivity index (χ0) is 10.4. The van der Waals surface area contributed by atoms with Crippen LogP contribution >= 0.6 is 0 Å². The Morgan fingerprint density at radius 3 is 2.75 bits per heavy atom. The molecule has 12 heavy (non-hydrogen) atoms. The number of hydrogen-bond acceptors (Lipinski definition) is 2. The van der Waals surface area contributed by atoms with E-state index in [1.165, 1.54) is 0 Å². The lowest BCUT2D eigenvalue weighted by atomic mass is 10.2. The fraction of sp³-hybridized carbons (Fsp3) is 0.400. The second kappa shape index (κ2) is 5.75. The maximum absolute atomic E-state index is 8.64. The molecule has 2 nitrogen and oxygen atoms in total. The van der Waals surface area contributed by atoms with Crippen molar-refractivity contribution >= 4 is 0 Å². The van der Waals surface area contributed by atoms with Crippen molar-refractivity contribution in [3.63, 3.8) is 0 Å². The molecule has 0 radical (unpaired) electrons. The number of hydrogen-bond donors (Lipinski definition) is 1. The van der Waals surface area contributed by atoms with Crippen LogP contribution in [-0.2, 0) is 11.3 Å². The molecule has 1 N–H and O–H groups in total. The van der Waals surface area contributed by atoms with Gasteiger partial charge in [-0.05, 0) is 11.9 Å². The van der Waals surface area contributed by atoms with Crippen LogP contribution in [0.4, 0.5) is 0 Å². The molecule has 1 aromatic carbocycles. The Balaban J connectivity index is 2.29. The summed E-state index contributed by atoms with van der Waals surface area (Å²) in [6.07, 6.45) is -1.64. The van der Waals surface area contributed by atoms with Crippen molar-refractivity contribution in [3.8, 4) is 0 Å². The van der Waals surface area contributed by atoms with E-state index in [9.17, 15) is 0 Å². The van der Waals surface area contributed by atoms with E-state index < -0.39 is 13.0 Å². The van der Waals surface area contributed by atoms with Gasteiger partial charge in [-0.15, -0.1) is 0 Å². The first-order chi connectivity index (χ1) is 6.64. The zero-order valence-corrected chi connectivity index (χ0v) is 6.86. The highest BCUT2D eigenvalue weighted by atomic mass is 16.5. The quantitative estimate of drug-likeness (QED) is 0.723. The smallest absolute Gasteiger partial charge is 0.0716 e. The van der Waals surface area contributed by atoms with Crippen LogP contribution in [0.5, 0.6) is 0 Å². The molecule has 0 fully saturated rings. The highest BCUT2D eigenvalue weighted by Gasteiger charge is 1.90. The molecule has 0 spiro atoms. The number of aliphatic hydroxyl groups is 1. The van der Waals surface area contributed by atoms with Gasteiger partial charge < -0.3 is 9.84 Å². The van der Waals surface area contributed by atoms with Gasteiger partial charge in [0.15, 0.2) is 0 Å². The van der Waals surface area contributed by atoms with Crippen LogP contribution in [0.25, 0.3) is 0 Å². The number of benzene rings is 1. The molecule has 0 saturated carbocycles. The maximum atomic E-state index is 8.64. The summed E-state index contributed by atoms with van der Waals surface area (Å²) in [7, 11) is 0. The van der Waals surface area contributed by atoms with E-state index in [-0.39, 0.29) is 6.61 Å². The predicted molar refractivity (Wildman–Crippen MR) is 47.8 cm³/mol. The molecule has 0 aliphatic heterocycles. The molecule has 0 unspecified atom stereocenters. The van der Waals surface area contributed by atoms with Gasteiger partial charge in [0.2, 0.25) is 0 Å². The largest absolute Gasteiger partial charge is 0.396 e. The normalized spacial score (nSPS) is 13.8. The van der Waals surface area contributed by atoms with Crippen molar-refractivity contribution in [2.45, 2.75) is 13.0 Å². The Hall–Kier alpha value is -0.860. The molecule has 1 aromatic rings. The molecule has 0 atom stereocenters. The van der Waals surface area contributed by atoms with E-state index in [1.54, 1.807) is 0 Å². The van der Waals surface area contributed by atoms with Gasteiger partial charge in [0.1, 0.15) is 0 Å². The van der Waals surface area contributed by atoms with Gasteiger partial charge in [0.05, 0.1) is 6.61 Å². The third-order valence-corrected chi connectivity index (χ3v) is 1.43. The summed E-state index contributed by atoms with van der Waals surface area (Å²) in [4.78, 5) is 0. The van der Waals surface area contributed by atoms with Crippen LogP contribution in [0.15, 0.2) is 30.3 Å². The first-order valence-electron chi connectivity index (χ1n) is 4.86. The van der Waals surface area contributed by atoms with Crippen LogP contribution in [0.3, 0.4) is 0 Å². The van der Waals surface area contributed by atoms with Crippen molar-refractivity contribution in [1.82, 2.24) is 0 Å². The molecule has 0 aromatic heterocycles. The van der Waals surface area contributed by atoms with Gasteiger partial charge in [0, 0.05) is 16.0 Å². The topological polar surface area (TPSA) is 29.5 Å². The van der Waals surface area contributed by atoms with Gasteiger partial charge in [0.25, 0.3) is 0 Å². The Labute approximate surface area is 75.6 Å². The van der Waals surface area contributed by atoms with E-state index in [1.807, 2.05) is 30.3 Å². The summed E-state index contributed by atoms with van der Waals surface area (Å²) in [6.45, 7) is -0.222. The molecule has 0 aliphatic carbocycles. The molecule has 2 heteroatoms. The lowest BCUT2D eigenvalue weighted by Gasteiger charge is -2.01. The third kappa shape index (κ3) is 3.51. The molecular formula is C10H14O2. The minimum Gasteiger partial charge on any atom is -0.396 e. The fourth-order valence-corrected chi connectivity index (χ4v) is 0.861. The summed E-state index contributed by atoms with van der Waals surface area (Å²) in [5.41, 5.74) is 1.00. The molecule has 1 rings (SSSR count). The molecule has 66 valence electrons. The van der Waals surface area contributed by atoms with Crippen molar-refractivity contribution in [2.75, 3.05) is 13.2 Å². The predicted octanol–water partition coefficient (Wildman–Crippen LogP) is 1.59. The molecular weight excluding hydrogens is 152 g/mol. The second-order valence-corrected chi connectivity index (χ2v) is 2.39. The van der Waals surface area contributed by atoms with E-state index in [4.69, 9.17) is 12.6 Å². The van der Waals surface area contributed by atoms with Gasteiger partial charge in [-0.25, -0.2) is 0 Å². The zero-order valence-electron chi connectivity index (χ0n) is 8.86. The van der Waals surface area contributed by atoms with Crippen LogP contribution in [0.2, 0.25) is 0 Å². The monoisotopic (exact) mass is 168 g/mol. The maximum Gasteiger partial charge on any atom is 0.0716 e. The summed E-state index contributed by atoms with van der Waals surface area (Å²) in [5.74, 6) is 0. The molecule has 0 amide bonds. The van der Waals surface area contributed by atoms with Gasteiger partial charge in [-0.3, -0.25) is 0 Å². The Morgan fingerprint density at radius 1 is 1.33 bits per heavy atom. The lowest BCUT2D eigenvalue weighted by Crippen LogP contribution is -1.97. The van der Waals surface area contributed by atoms with Crippen molar-refractivity contribution in [2.24, 2.45) is 0 Å². The van der Waals surface area contributed by atoms with Crippen LogP contribution in [-0.4, -0.2) is 18.3 Å². The Kier molecular flexibility index (Phi) is 3.18. The Morgan fingerprint density at radius 2 is 2.08 bits per heavy atom. The third-order valence-electron chi connectivity index (χ3n) is 1.43. The molecule has 0 saturated heterocycles. The molecule has 0 aliphatic rings.